The van der Waals surface area contributed by atoms with Crippen LogP contribution in [0.3, 0.4) is 0 Å². The van der Waals surface area contributed by atoms with Crippen LogP contribution in [-0.2, 0) is 6.54 Å². The van der Waals surface area contributed by atoms with Gasteiger partial charge in [0.25, 0.3) is 0 Å². The molecule has 30 heavy (non-hydrogen) atoms. The number of hydrogen-bond acceptors (Lipinski definition) is 5. The Hall–Kier alpha value is -3.48. The maximum Gasteiger partial charge on any atom is 0.191 e. The van der Waals surface area contributed by atoms with E-state index in [4.69, 9.17) is 9.26 Å². The highest BCUT2D eigenvalue weighted by Gasteiger charge is 2.25. The van der Waals surface area contributed by atoms with Crippen molar-refractivity contribution in [3.63, 3.8) is 0 Å². The maximum absolute atomic E-state index is 5.50. The summed E-state index contributed by atoms with van der Waals surface area (Å²) in [6, 6.07) is 20.4. The second-order valence-electron chi connectivity index (χ2n) is 7.22. The van der Waals surface area contributed by atoms with E-state index in [1.165, 1.54) is 0 Å². The lowest BCUT2D eigenvalue weighted by Gasteiger charge is -2.22. The number of rotatable bonds is 6. The number of aromatic nitrogens is 1. The second kappa shape index (κ2) is 9.35. The Morgan fingerprint density at radius 3 is 2.80 bits per heavy atom. The number of guanidine groups is 1. The van der Waals surface area contributed by atoms with Crippen molar-refractivity contribution in [2.24, 2.45) is 4.99 Å². The lowest BCUT2D eigenvalue weighted by Crippen LogP contribution is -2.44. The third-order valence-corrected chi connectivity index (χ3v) is 5.23. The molecule has 2 N–H and O–H groups in total. The third-order valence-electron chi connectivity index (χ3n) is 5.23. The summed E-state index contributed by atoms with van der Waals surface area (Å²) in [6.45, 7) is 2.40. The van der Waals surface area contributed by atoms with Gasteiger partial charge in [-0.15, -0.1) is 0 Å². The molecule has 0 amide bonds. The van der Waals surface area contributed by atoms with Crippen molar-refractivity contribution in [2.45, 2.75) is 19.0 Å². The van der Waals surface area contributed by atoms with E-state index in [0.29, 0.717) is 12.6 Å². The summed E-state index contributed by atoms with van der Waals surface area (Å²) < 4.78 is 11.0. The molecule has 156 valence electrons. The summed E-state index contributed by atoms with van der Waals surface area (Å²) in [6.07, 6.45) is 1.03. The van der Waals surface area contributed by atoms with Crippen molar-refractivity contribution < 1.29 is 9.26 Å². The monoisotopic (exact) mass is 405 g/mol. The van der Waals surface area contributed by atoms with Crippen LogP contribution >= 0.6 is 0 Å². The molecule has 0 bridgehead atoms. The molecule has 0 spiro atoms. The van der Waals surface area contributed by atoms with Crippen LogP contribution in [0, 0.1) is 0 Å². The molecule has 7 heteroatoms. The van der Waals surface area contributed by atoms with Crippen LogP contribution in [0.4, 0.5) is 5.69 Å². The van der Waals surface area contributed by atoms with Gasteiger partial charge in [-0.2, -0.15) is 0 Å². The smallest absolute Gasteiger partial charge is 0.191 e. The molecule has 1 saturated heterocycles. The molecule has 7 nitrogen and oxygen atoms in total. The average molecular weight is 406 g/mol. The van der Waals surface area contributed by atoms with Gasteiger partial charge in [0.05, 0.1) is 19.3 Å². The molecule has 1 unspecified atom stereocenters. The first-order chi connectivity index (χ1) is 14.8. The van der Waals surface area contributed by atoms with Crippen LogP contribution in [0.25, 0.3) is 11.3 Å². The largest absolute Gasteiger partial charge is 0.495 e. The van der Waals surface area contributed by atoms with Crippen molar-refractivity contribution in [3.05, 3.63) is 66.4 Å². The lowest BCUT2D eigenvalue weighted by molar-refractivity contribution is 0.415. The Labute approximate surface area is 176 Å². The molecular formula is C23H27N5O2. The van der Waals surface area contributed by atoms with Crippen LogP contribution in [0.2, 0.25) is 0 Å². The third kappa shape index (κ3) is 4.56. The van der Waals surface area contributed by atoms with Crippen molar-refractivity contribution in [1.29, 1.82) is 0 Å². The maximum atomic E-state index is 5.50. The zero-order chi connectivity index (χ0) is 20.8. The number of para-hydroxylation sites is 2. The summed E-state index contributed by atoms with van der Waals surface area (Å²) in [7, 11) is 3.49. The molecule has 1 aliphatic rings. The number of ether oxygens (including phenoxy) is 1. The minimum atomic E-state index is 0.304. The predicted octanol–water partition coefficient (Wildman–Crippen LogP) is 3.29. The molecule has 3 aromatic rings. The summed E-state index contributed by atoms with van der Waals surface area (Å²) in [5, 5.41) is 11.0. The molecule has 0 radical (unpaired) electrons. The SMILES string of the molecule is CN=C(NCc1cc(-c2ccccc2)on1)NC1CCN(c2ccccc2OC)C1. The van der Waals surface area contributed by atoms with Crippen molar-refractivity contribution >= 4 is 11.6 Å². The molecular weight excluding hydrogens is 378 g/mol. The summed E-state index contributed by atoms with van der Waals surface area (Å²) >= 11 is 0. The number of hydrogen-bond donors (Lipinski definition) is 2. The Morgan fingerprint density at radius 2 is 2.00 bits per heavy atom. The van der Waals surface area contributed by atoms with Crippen LogP contribution in [0.1, 0.15) is 12.1 Å². The molecule has 0 aliphatic carbocycles. The van der Waals surface area contributed by atoms with E-state index in [1.54, 1.807) is 14.2 Å². The minimum Gasteiger partial charge on any atom is -0.495 e. The van der Waals surface area contributed by atoms with Crippen LogP contribution in [-0.4, -0.2) is 44.4 Å². The van der Waals surface area contributed by atoms with Crippen LogP contribution in [0.5, 0.6) is 5.75 Å². The fourth-order valence-corrected chi connectivity index (χ4v) is 3.68. The summed E-state index contributed by atoms with van der Waals surface area (Å²) in [5.74, 6) is 2.42. The van der Waals surface area contributed by atoms with E-state index in [1.807, 2.05) is 54.6 Å². The highest BCUT2D eigenvalue weighted by Crippen LogP contribution is 2.30. The Bertz CT molecular complexity index is 986. The van der Waals surface area contributed by atoms with Crippen LogP contribution < -0.4 is 20.3 Å². The number of nitrogens with zero attached hydrogens (tertiary/aromatic N) is 3. The second-order valence-corrected chi connectivity index (χ2v) is 7.22. The Kier molecular flexibility index (Phi) is 6.17. The first-order valence-corrected chi connectivity index (χ1v) is 10.1. The Balaban J connectivity index is 1.31. The first-order valence-electron chi connectivity index (χ1n) is 10.1. The van der Waals surface area contributed by atoms with Crippen molar-refractivity contribution in [3.8, 4) is 17.1 Å². The van der Waals surface area contributed by atoms with E-state index in [-0.39, 0.29) is 0 Å². The van der Waals surface area contributed by atoms with Gasteiger partial charge in [0.2, 0.25) is 0 Å². The number of nitrogens with one attached hydrogen (secondary N) is 2. The van der Waals surface area contributed by atoms with Gasteiger partial charge >= 0.3 is 0 Å². The van der Waals surface area contributed by atoms with Gasteiger partial charge < -0.3 is 24.8 Å². The minimum absolute atomic E-state index is 0.304. The number of anilines is 1. The highest BCUT2D eigenvalue weighted by molar-refractivity contribution is 5.80. The number of aliphatic imine (C=N–C) groups is 1. The molecule has 2 aromatic carbocycles. The summed E-state index contributed by atoms with van der Waals surface area (Å²) in [4.78, 5) is 6.70. The van der Waals surface area contributed by atoms with Crippen molar-refractivity contribution in [1.82, 2.24) is 15.8 Å². The van der Waals surface area contributed by atoms with Gasteiger partial charge in [-0.05, 0) is 18.6 Å². The average Bonchev–Trinajstić information content (AvgIpc) is 3.47. The first kappa shape index (κ1) is 19.8. The Morgan fingerprint density at radius 1 is 1.20 bits per heavy atom. The van der Waals surface area contributed by atoms with Gasteiger partial charge in [0.1, 0.15) is 11.4 Å². The highest BCUT2D eigenvalue weighted by atomic mass is 16.5. The van der Waals surface area contributed by atoms with Gasteiger partial charge in [-0.25, -0.2) is 0 Å². The topological polar surface area (TPSA) is 74.9 Å². The molecule has 4 rings (SSSR count). The quantitative estimate of drug-likeness (QED) is 0.484. The lowest BCUT2D eigenvalue weighted by atomic mass is 10.2. The summed E-state index contributed by atoms with van der Waals surface area (Å²) in [5.41, 5.74) is 2.98. The fraction of sp³-hybridized carbons (Fsp3) is 0.304. The normalized spacial score (nSPS) is 16.5. The fourth-order valence-electron chi connectivity index (χ4n) is 3.68. The van der Waals surface area contributed by atoms with Gasteiger partial charge in [-0.1, -0.05) is 47.6 Å². The van der Waals surface area contributed by atoms with E-state index >= 15 is 0 Å². The van der Waals surface area contributed by atoms with E-state index in [9.17, 15) is 0 Å². The molecule has 1 fully saturated rings. The van der Waals surface area contributed by atoms with E-state index < -0.39 is 0 Å². The van der Waals surface area contributed by atoms with Gasteiger partial charge in [0.15, 0.2) is 11.7 Å². The predicted molar refractivity (Wildman–Crippen MR) is 119 cm³/mol. The zero-order valence-corrected chi connectivity index (χ0v) is 17.3. The molecule has 1 atom stereocenters. The standard InChI is InChI=1S/C23H27N5O2/c1-24-23(25-15-19-14-22(30-27-19)17-8-4-3-5-9-17)26-18-12-13-28(16-18)20-10-6-7-11-21(20)29-2/h3-11,14,18H,12-13,15-16H2,1-2H3,(H2,24,25,26). The zero-order valence-electron chi connectivity index (χ0n) is 17.3. The molecule has 1 aromatic heterocycles. The molecule has 0 saturated carbocycles. The van der Waals surface area contributed by atoms with Gasteiger partial charge in [-0.3, -0.25) is 4.99 Å². The molecule has 2 heterocycles. The van der Waals surface area contributed by atoms with Crippen molar-refractivity contribution in [2.75, 3.05) is 32.1 Å². The van der Waals surface area contributed by atoms with E-state index in [0.717, 1.165) is 53.9 Å². The van der Waals surface area contributed by atoms with Crippen LogP contribution in [0.15, 0.2) is 70.2 Å². The number of methoxy groups -OCH3 is 1. The number of benzene rings is 2. The van der Waals surface area contributed by atoms with Gasteiger partial charge in [0, 0.05) is 37.8 Å². The molecule has 1 aliphatic heterocycles. The van der Waals surface area contributed by atoms with E-state index in [2.05, 4.69) is 31.7 Å².